The fourth-order valence-corrected chi connectivity index (χ4v) is 4.30. The van der Waals surface area contributed by atoms with Crippen molar-refractivity contribution in [2.75, 3.05) is 32.4 Å². The number of aliphatic imine (C=N–C) groups is 1. The monoisotopic (exact) mass is 372 g/mol. The Bertz CT molecular complexity index is 699. The molecule has 1 saturated heterocycles. The lowest BCUT2D eigenvalue weighted by molar-refractivity contribution is 0.470. The molecule has 0 saturated carbocycles. The zero-order chi connectivity index (χ0) is 18.2. The summed E-state index contributed by atoms with van der Waals surface area (Å²) < 4.78 is 2.10. The molecule has 1 atom stereocenters. The van der Waals surface area contributed by atoms with Crippen LogP contribution in [-0.2, 0) is 13.0 Å². The van der Waals surface area contributed by atoms with Gasteiger partial charge in [-0.2, -0.15) is 0 Å². The van der Waals surface area contributed by atoms with Gasteiger partial charge < -0.3 is 14.8 Å². The Kier molecular flexibility index (Phi) is 6.94. The van der Waals surface area contributed by atoms with E-state index in [1.165, 1.54) is 11.3 Å². The molecule has 3 rings (SSSR count). The third kappa shape index (κ3) is 5.00. The number of guanidine groups is 1. The van der Waals surface area contributed by atoms with Gasteiger partial charge in [-0.05, 0) is 24.5 Å². The predicted octanol–water partition coefficient (Wildman–Crippen LogP) is 2.53. The summed E-state index contributed by atoms with van der Waals surface area (Å²) in [6.07, 6.45) is 3.93. The van der Waals surface area contributed by atoms with Gasteiger partial charge in [0.05, 0.1) is 0 Å². The average Bonchev–Trinajstić information content (AvgIpc) is 3.33. The lowest BCUT2D eigenvalue weighted by atomic mass is 10.2. The summed E-state index contributed by atoms with van der Waals surface area (Å²) in [7, 11) is 1.87. The lowest BCUT2D eigenvalue weighted by Gasteiger charge is -2.22. The summed E-state index contributed by atoms with van der Waals surface area (Å²) in [4.78, 5) is 8.20. The van der Waals surface area contributed by atoms with Crippen LogP contribution in [-0.4, -0.2) is 58.1 Å². The molecule has 1 aromatic carbocycles. The Balaban J connectivity index is 1.42. The molecule has 0 amide bonds. The van der Waals surface area contributed by atoms with E-state index in [9.17, 15) is 0 Å². The Hall–Kier alpha value is -2.02. The van der Waals surface area contributed by atoms with Crippen LogP contribution in [0.25, 0.3) is 0 Å². The molecule has 0 aliphatic carbocycles. The van der Waals surface area contributed by atoms with E-state index in [-0.39, 0.29) is 0 Å². The van der Waals surface area contributed by atoms with Gasteiger partial charge in [-0.25, -0.2) is 0 Å². The number of likely N-dealkylation sites (tertiary alicyclic amines) is 1. The van der Waals surface area contributed by atoms with Crippen molar-refractivity contribution in [3.05, 3.63) is 42.5 Å². The van der Waals surface area contributed by atoms with Crippen molar-refractivity contribution in [2.45, 2.75) is 31.2 Å². The molecular weight excluding hydrogens is 344 g/mol. The van der Waals surface area contributed by atoms with Gasteiger partial charge in [0.1, 0.15) is 12.2 Å². The summed E-state index contributed by atoms with van der Waals surface area (Å²) in [5.41, 5.74) is 0. The number of aromatic nitrogens is 3. The quantitative estimate of drug-likeness (QED) is 0.460. The van der Waals surface area contributed by atoms with E-state index in [2.05, 4.69) is 67.2 Å². The second-order valence-electron chi connectivity index (χ2n) is 6.49. The number of benzene rings is 1. The normalized spacial score (nSPS) is 17.7. The molecule has 1 aliphatic heterocycles. The van der Waals surface area contributed by atoms with Crippen molar-refractivity contribution in [3.8, 4) is 0 Å². The number of hydrogen-bond donors (Lipinski definition) is 1. The molecular formula is C19H28N6S. The molecule has 1 N–H and O–H groups in total. The van der Waals surface area contributed by atoms with Gasteiger partial charge in [-0.15, -0.1) is 22.0 Å². The van der Waals surface area contributed by atoms with E-state index in [4.69, 9.17) is 0 Å². The summed E-state index contributed by atoms with van der Waals surface area (Å²) in [6.45, 7) is 5.94. The van der Waals surface area contributed by atoms with E-state index in [1.807, 2.05) is 18.8 Å². The van der Waals surface area contributed by atoms with Crippen LogP contribution in [0.15, 0.2) is 46.5 Å². The Morgan fingerprint density at radius 1 is 1.35 bits per heavy atom. The van der Waals surface area contributed by atoms with Gasteiger partial charge in [0.15, 0.2) is 5.96 Å². The van der Waals surface area contributed by atoms with E-state index < -0.39 is 0 Å². The number of nitrogens with zero attached hydrogens (tertiary/aromatic N) is 5. The first-order valence-electron chi connectivity index (χ1n) is 9.30. The van der Waals surface area contributed by atoms with Gasteiger partial charge in [0.25, 0.3) is 0 Å². The molecule has 7 heteroatoms. The molecule has 1 unspecified atom stereocenters. The van der Waals surface area contributed by atoms with Crippen LogP contribution in [0.4, 0.5) is 0 Å². The maximum atomic E-state index is 4.47. The van der Waals surface area contributed by atoms with Crippen LogP contribution in [0.3, 0.4) is 0 Å². The smallest absolute Gasteiger partial charge is 0.193 e. The molecule has 0 radical (unpaired) electrons. The zero-order valence-corrected chi connectivity index (χ0v) is 16.5. The molecule has 0 spiro atoms. The Labute approximate surface area is 160 Å². The van der Waals surface area contributed by atoms with Crippen molar-refractivity contribution in [1.29, 1.82) is 0 Å². The highest BCUT2D eigenvalue weighted by molar-refractivity contribution is 7.99. The topological polar surface area (TPSA) is 58.3 Å². The minimum atomic E-state index is 0.711. The first-order chi connectivity index (χ1) is 12.8. The highest BCUT2D eigenvalue weighted by Crippen LogP contribution is 2.25. The highest BCUT2D eigenvalue weighted by Gasteiger charge is 2.24. The molecule has 1 fully saturated rings. The number of rotatable bonds is 7. The lowest BCUT2D eigenvalue weighted by Crippen LogP contribution is -2.41. The van der Waals surface area contributed by atoms with Gasteiger partial charge in [-0.3, -0.25) is 4.99 Å². The van der Waals surface area contributed by atoms with Crippen LogP contribution in [0, 0.1) is 5.92 Å². The largest absolute Gasteiger partial charge is 0.354 e. The minimum absolute atomic E-state index is 0.711. The van der Waals surface area contributed by atoms with Crippen LogP contribution in [0.2, 0.25) is 0 Å². The van der Waals surface area contributed by atoms with Gasteiger partial charge in [-0.1, -0.05) is 25.1 Å². The molecule has 1 aliphatic rings. The first kappa shape index (κ1) is 18.8. The SMILES string of the molecule is CCc1nncn1CCNC(=NC)N1CCC(CSc2ccccc2)C1. The second-order valence-corrected chi connectivity index (χ2v) is 7.59. The van der Waals surface area contributed by atoms with Gasteiger partial charge >= 0.3 is 0 Å². The summed E-state index contributed by atoms with van der Waals surface area (Å²) >= 11 is 1.96. The fourth-order valence-electron chi connectivity index (χ4n) is 3.25. The van der Waals surface area contributed by atoms with Crippen molar-refractivity contribution >= 4 is 17.7 Å². The summed E-state index contributed by atoms with van der Waals surface area (Å²) in [5.74, 6) is 3.91. The summed E-state index contributed by atoms with van der Waals surface area (Å²) in [5, 5.41) is 11.6. The second kappa shape index (κ2) is 9.62. The predicted molar refractivity (Wildman–Crippen MR) is 108 cm³/mol. The summed E-state index contributed by atoms with van der Waals surface area (Å²) in [6, 6.07) is 10.7. The molecule has 2 heterocycles. The van der Waals surface area contributed by atoms with E-state index in [0.717, 1.165) is 50.1 Å². The van der Waals surface area contributed by atoms with E-state index in [1.54, 1.807) is 6.33 Å². The number of nitrogens with one attached hydrogen (secondary N) is 1. The molecule has 6 nitrogen and oxygen atoms in total. The van der Waals surface area contributed by atoms with Gasteiger partial charge in [0, 0.05) is 50.3 Å². The zero-order valence-electron chi connectivity index (χ0n) is 15.6. The Morgan fingerprint density at radius 3 is 2.96 bits per heavy atom. The van der Waals surface area contributed by atoms with Crippen molar-refractivity contribution in [1.82, 2.24) is 25.0 Å². The van der Waals surface area contributed by atoms with Crippen LogP contribution in [0.1, 0.15) is 19.2 Å². The molecule has 2 aromatic rings. The number of hydrogen-bond acceptors (Lipinski definition) is 4. The number of aryl methyl sites for hydroxylation is 1. The van der Waals surface area contributed by atoms with E-state index >= 15 is 0 Å². The van der Waals surface area contributed by atoms with Crippen LogP contribution in [0.5, 0.6) is 0 Å². The maximum Gasteiger partial charge on any atom is 0.193 e. The fraction of sp³-hybridized carbons (Fsp3) is 0.526. The molecule has 26 heavy (non-hydrogen) atoms. The molecule has 1 aromatic heterocycles. The van der Waals surface area contributed by atoms with E-state index in [0.29, 0.717) is 5.92 Å². The van der Waals surface area contributed by atoms with Crippen molar-refractivity contribution < 1.29 is 0 Å². The third-order valence-corrected chi connectivity index (χ3v) is 5.92. The highest BCUT2D eigenvalue weighted by atomic mass is 32.2. The van der Waals surface area contributed by atoms with Crippen LogP contribution < -0.4 is 5.32 Å². The van der Waals surface area contributed by atoms with Crippen molar-refractivity contribution in [2.24, 2.45) is 10.9 Å². The number of thioether (sulfide) groups is 1. The minimum Gasteiger partial charge on any atom is -0.354 e. The Morgan fingerprint density at radius 2 is 2.19 bits per heavy atom. The standard InChI is InChI=1S/C19H28N6S/c1-3-18-23-22-15-25(18)12-10-21-19(20-2)24-11-9-16(13-24)14-26-17-7-5-4-6-8-17/h4-8,15-16H,3,9-14H2,1-2H3,(H,20,21). The average molecular weight is 373 g/mol. The van der Waals surface area contributed by atoms with Crippen LogP contribution >= 0.6 is 11.8 Å². The molecule has 140 valence electrons. The molecule has 0 bridgehead atoms. The first-order valence-corrected chi connectivity index (χ1v) is 10.3. The van der Waals surface area contributed by atoms with Gasteiger partial charge in [0.2, 0.25) is 0 Å². The third-order valence-electron chi connectivity index (χ3n) is 4.67. The maximum absolute atomic E-state index is 4.47. The van der Waals surface area contributed by atoms with Crippen molar-refractivity contribution in [3.63, 3.8) is 0 Å².